The number of ether oxygens (including phenoxy) is 2. The van der Waals surface area contributed by atoms with Crippen molar-refractivity contribution in [3.8, 4) is 0 Å². The fraction of sp³-hybridized carbons (Fsp3) is 0.348. The smallest absolute Gasteiger partial charge is 0.253 e. The molecule has 4 rings (SSSR count). The van der Waals surface area contributed by atoms with Crippen molar-refractivity contribution in [1.82, 2.24) is 14.9 Å². The Morgan fingerprint density at radius 3 is 2.69 bits per heavy atom. The molecule has 2 N–H and O–H groups in total. The summed E-state index contributed by atoms with van der Waals surface area (Å²) in [6, 6.07) is 9.58. The number of benzene rings is 2. The number of amides is 2. The Kier molecular flexibility index (Phi) is 6.77. The zero-order chi connectivity index (χ0) is 22.5. The molecule has 1 fully saturated rings. The number of aromatic nitrogens is 2. The average Bonchev–Trinajstić information content (AvgIpc) is 3.18. The highest BCUT2D eigenvalue weighted by atomic mass is 19.1. The molecule has 32 heavy (non-hydrogen) atoms. The fourth-order valence-corrected chi connectivity index (χ4v) is 3.79. The first-order valence-corrected chi connectivity index (χ1v) is 10.4. The number of anilines is 1. The summed E-state index contributed by atoms with van der Waals surface area (Å²) in [5.41, 5.74) is 2.95. The molecular weight excluding hydrogens is 415 g/mol. The lowest BCUT2D eigenvalue weighted by molar-refractivity contribution is -0.119. The van der Waals surface area contributed by atoms with Crippen LogP contribution in [0.15, 0.2) is 42.7 Å². The van der Waals surface area contributed by atoms with Crippen LogP contribution in [0.5, 0.6) is 0 Å². The molecule has 2 aromatic carbocycles. The number of rotatable bonds is 7. The van der Waals surface area contributed by atoms with Crippen LogP contribution >= 0.6 is 0 Å². The van der Waals surface area contributed by atoms with Crippen molar-refractivity contribution in [2.45, 2.75) is 25.4 Å². The van der Waals surface area contributed by atoms with E-state index < -0.39 is 0 Å². The number of fused-ring (bicyclic) bond motifs is 1. The van der Waals surface area contributed by atoms with Gasteiger partial charge in [0.2, 0.25) is 5.91 Å². The first kappa shape index (κ1) is 21.9. The molecule has 2 heterocycles. The first-order chi connectivity index (χ1) is 15.5. The predicted octanol–water partition coefficient (Wildman–Crippen LogP) is 2.72. The zero-order valence-electron chi connectivity index (χ0n) is 17.8. The largest absolute Gasteiger partial charge is 0.381 e. The second kappa shape index (κ2) is 9.88. The topological polar surface area (TPSA) is 94.5 Å². The third-order valence-corrected chi connectivity index (χ3v) is 5.34. The lowest BCUT2D eigenvalue weighted by Gasteiger charge is -2.23. The highest BCUT2D eigenvalue weighted by Gasteiger charge is 2.21. The summed E-state index contributed by atoms with van der Waals surface area (Å²) in [4.78, 5) is 29.7. The lowest BCUT2D eigenvalue weighted by Crippen LogP contribution is -2.39. The van der Waals surface area contributed by atoms with Gasteiger partial charge in [-0.3, -0.25) is 9.59 Å². The fourth-order valence-electron chi connectivity index (χ4n) is 3.79. The van der Waals surface area contributed by atoms with Crippen molar-refractivity contribution in [2.24, 2.45) is 0 Å². The highest BCUT2D eigenvalue weighted by Crippen LogP contribution is 2.25. The van der Waals surface area contributed by atoms with Gasteiger partial charge in [0.15, 0.2) is 0 Å². The number of hydrogen-bond donors (Lipinski definition) is 2. The van der Waals surface area contributed by atoms with Gasteiger partial charge in [0.1, 0.15) is 12.4 Å². The molecule has 0 bridgehead atoms. The van der Waals surface area contributed by atoms with Crippen molar-refractivity contribution >= 4 is 28.5 Å². The van der Waals surface area contributed by atoms with Gasteiger partial charge in [-0.15, -0.1) is 0 Å². The Labute approximate surface area is 184 Å². The van der Waals surface area contributed by atoms with E-state index in [9.17, 15) is 14.0 Å². The van der Waals surface area contributed by atoms with Crippen molar-refractivity contribution < 1.29 is 23.5 Å². The van der Waals surface area contributed by atoms with Gasteiger partial charge in [-0.2, -0.15) is 0 Å². The van der Waals surface area contributed by atoms with Crippen LogP contribution in [0.2, 0.25) is 0 Å². The molecule has 3 aromatic rings. The Balaban J connectivity index is 1.69. The standard InChI is InChI=1S/C23H25FN4O4/c1-31-13-21(29)26-18-10-19(23(30)27-17-6-8-32-9-7-17)22-20(11-18)25-14-28(22)12-15-2-4-16(24)5-3-15/h2-5,10-11,14,17H,6-9,12-13H2,1H3,(H,26,29)(H,27,30). The van der Waals surface area contributed by atoms with Crippen LogP contribution in [-0.4, -0.2) is 54.3 Å². The molecule has 1 saturated heterocycles. The molecule has 0 saturated carbocycles. The van der Waals surface area contributed by atoms with E-state index >= 15 is 0 Å². The molecule has 0 spiro atoms. The van der Waals surface area contributed by atoms with E-state index in [4.69, 9.17) is 9.47 Å². The van der Waals surface area contributed by atoms with Crippen LogP contribution in [-0.2, 0) is 20.8 Å². The third-order valence-electron chi connectivity index (χ3n) is 5.34. The van der Waals surface area contributed by atoms with Crippen molar-refractivity contribution in [3.63, 3.8) is 0 Å². The maximum Gasteiger partial charge on any atom is 0.253 e. The Hall–Kier alpha value is -3.30. The second-order valence-electron chi connectivity index (χ2n) is 7.73. The molecule has 0 atom stereocenters. The Morgan fingerprint density at radius 1 is 1.22 bits per heavy atom. The number of halogens is 1. The minimum atomic E-state index is -0.326. The number of hydrogen-bond acceptors (Lipinski definition) is 5. The SMILES string of the molecule is COCC(=O)Nc1cc(C(=O)NC2CCOCC2)c2c(c1)ncn2Cc1ccc(F)cc1. The minimum absolute atomic E-state index is 0.0199. The van der Waals surface area contributed by atoms with E-state index in [1.165, 1.54) is 19.2 Å². The summed E-state index contributed by atoms with van der Waals surface area (Å²) in [5.74, 6) is -0.879. The molecule has 1 aliphatic rings. The molecule has 1 aliphatic heterocycles. The monoisotopic (exact) mass is 440 g/mol. The zero-order valence-corrected chi connectivity index (χ0v) is 17.8. The normalized spacial score (nSPS) is 14.4. The molecule has 9 heteroatoms. The van der Waals surface area contributed by atoms with Crippen LogP contribution < -0.4 is 10.6 Å². The van der Waals surface area contributed by atoms with Gasteiger partial charge in [-0.25, -0.2) is 9.37 Å². The molecular formula is C23H25FN4O4. The third kappa shape index (κ3) is 5.12. The number of carbonyl (C=O) groups is 2. The molecule has 2 amide bonds. The van der Waals surface area contributed by atoms with Gasteiger partial charge in [0.05, 0.1) is 22.9 Å². The summed E-state index contributed by atoms with van der Waals surface area (Å²) in [6.07, 6.45) is 3.13. The number of nitrogens with one attached hydrogen (secondary N) is 2. The summed E-state index contributed by atoms with van der Waals surface area (Å²) in [7, 11) is 1.44. The summed E-state index contributed by atoms with van der Waals surface area (Å²) < 4.78 is 25.4. The molecule has 0 aliphatic carbocycles. The van der Waals surface area contributed by atoms with Gasteiger partial charge >= 0.3 is 0 Å². The van der Waals surface area contributed by atoms with E-state index in [1.807, 2.05) is 4.57 Å². The van der Waals surface area contributed by atoms with Crippen LogP contribution in [0.4, 0.5) is 10.1 Å². The van der Waals surface area contributed by atoms with E-state index in [0.29, 0.717) is 42.0 Å². The first-order valence-electron chi connectivity index (χ1n) is 10.4. The highest BCUT2D eigenvalue weighted by molar-refractivity contribution is 6.07. The van der Waals surface area contributed by atoms with Crippen LogP contribution in [0, 0.1) is 5.82 Å². The van der Waals surface area contributed by atoms with Crippen molar-refractivity contribution in [2.75, 3.05) is 32.2 Å². The molecule has 1 aromatic heterocycles. The minimum Gasteiger partial charge on any atom is -0.381 e. The number of imidazole rings is 1. The molecule has 0 radical (unpaired) electrons. The Morgan fingerprint density at radius 2 is 1.97 bits per heavy atom. The number of methoxy groups -OCH3 is 1. The van der Waals surface area contributed by atoms with E-state index in [-0.39, 0.29) is 30.3 Å². The maximum absolute atomic E-state index is 13.3. The second-order valence-corrected chi connectivity index (χ2v) is 7.73. The van der Waals surface area contributed by atoms with Crippen LogP contribution in [0.25, 0.3) is 11.0 Å². The summed E-state index contributed by atoms with van der Waals surface area (Å²) in [6.45, 7) is 1.54. The average molecular weight is 440 g/mol. The lowest BCUT2D eigenvalue weighted by atomic mass is 10.1. The number of nitrogens with zero attached hydrogens (tertiary/aromatic N) is 2. The van der Waals surface area contributed by atoms with Gasteiger partial charge in [-0.1, -0.05) is 12.1 Å². The molecule has 0 unspecified atom stereocenters. The van der Waals surface area contributed by atoms with Crippen LogP contribution in [0.3, 0.4) is 0 Å². The van der Waals surface area contributed by atoms with Gasteiger partial charge in [0.25, 0.3) is 5.91 Å². The summed E-state index contributed by atoms with van der Waals surface area (Å²) in [5, 5.41) is 5.82. The molecule has 8 nitrogen and oxygen atoms in total. The number of carbonyl (C=O) groups excluding carboxylic acids is 2. The van der Waals surface area contributed by atoms with E-state index in [2.05, 4.69) is 15.6 Å². The quantitative estimate of drug-likeness (QED) is 0.589. The van der Waals surface area contributed by atoms with Gasteiger partial charge in [0, 0.05) is 38.6 Å². The van der Waals surface area contributed by atoms with Crippen LogP contribution in [0.1, 0.15) is 28.8 Å². The Bertz CT molecular complexity index is 1110. The van der Waals surface area contributed by atoms with E-state index in [1.54, 1.807) is 30.6 Å². The van der Waals surface area contributed by atoms with Crippen molar-refractivity contribution in [3.05, 3.63) is 59.7 Å². The van der Waals surface area contributed by atoms with Gasteiger partial charge in [-0.05, 0) is 42.7 Å². The van der Waals surface area contributed by atoms with Gasteiger partial charge < -0.3 is 24.7 Å². The summed E-state index contributed by atoms with van der Waals surface area (Å²) >= 11 is 0. The maximum atomic E-state index is 13.3. The van der Waals surface area contributed by atoms with E-state index in [0.717, 1.165) is 18.4 Å². The van der Waals surface area contributed by atoms with Crippen molar-refractivity contribution in [1.29, 1.82) is 0 Å². The predicted molar refractivity (Wildman–Crippen MR) is 117 cm³/mol. The molecule has 168 valence electrons.